The van der Waals surface area contributed by atoms with Gasteiger partial charge in [-0.1, -0.05) is 6.07 Å². The van der Waals surface area contributed by atoms with E-state index < -0.39 is 11.6 Å². The minimum atomic E-state index is -0.904. The summed E-state index contributed by atoms with van der Waals surface area (Å²) in [7, 11) is 0. The molecule has 1 atom stereocenters. The van der Waals surface area contributed by atoms with Gasteiger partial charge < -0.3 is 9.72 Å². The Labute approximate surface area is 179 Å². The Kier molecular flexibility index (Phi) is 5.42. The number of aromatic amines is 2. The van der Waals surface area contributed by atoms with Crippen molar-refractivity contribution in [1.29, 1.82) is 0 Å². The maximum atomic E-state index is 13.3. The van der Waals surface area contributed by atoms with Crippen molar-refractivity contribution in [1.82, 2.24) is 20.1 Å². The van der Waals surface area contributed by atoms with Gasteiger partial charge in [-0.05, 0) is 66.7 Å². The molecule has 2 N–H and O–H groups in total. The van der Waals surface area contributed by atoms with Crippen LogP contribution in [0, 0.1) is 11.6 Å². The predicted octanol–water partition coefficient (Wildman–Crippen LogP) is 5.13. The number of fused-ring (bicyclic) bond motifs is 1. The van der Waals surface area contributed by atoms with Gasteiger partial charge in [0.1, 0.15) is 5.75 Å². The van der Waals surface area contributed by atoms with Crippen LogP contribution in [0.4, 0.5) is 8.78 Å². The number of H-pyrrole nitrogens is 2. The molecule has 1 fully saturated rings. The van der Waals surface area contributed by atoms with E-state index in [9.17, 15) is 8.78 Å². The lowest BCUT2D eigenvalue weighted by Crippen LogP contribution is -2.23. The van der Waals surface area contributed by atoms with Gasteiger partial charge in [-0.3, -0.25) is 10.00 Å². The average Bonchev–Trinajstić information content (AvgIpc) is 3.51. The first kappa shape index (κ1) is 19.8. The summed E-state index contributed by atoms with van der Waals surface area (Å²) in [5.74, 6) is -1.46. The Morgan fingerprint density at radius 3 is 2.90 bits per heavy atom. The zero-order valence-electron chi connectivity index (χ0n) is 17.1. The van der Waals surface area contributed by atoms with Crippen LogP contribution in [0.15, 0.2) is 54.7 Å². The smallest absolute Gasteiger partial charge is 0.162 e. The molecule has 160 valence electrons. The Bertz CT molecular complexity index is 1190. The summed E-state index contributed by atoms with van der Waals surface area (Å²) in [4.78, 5) is 5.71. The summed E-state index contributed by atoms with van der Waals surface area (Å²) >= 11 is 0. The number of likely N-dealkylation sites (tertiary alicyclic amines) is 1. The summed E-state index contributed by atoms with van der Waals surface area (Å²) in [6.45, 7) is 2.31. The van der Waals surface area contributed by atoms with Crippen molar-refractivity contribution < 1.29 is 13.5 Å². The van der Waals surface area contributed by atoms with Crippen LogP contribution in [0.25, 0.3) is 10.9 Å². The summed E-state index contributed by atoms with van der Waals surface area (Å²) < 4.78 is 31.8. The van der Waals surface area contributed by atoms with Crippen LogP contribution >= 0.6 is 0 Å². The highest BCUT2D eigenvalue weighted by molar-refractivity contribution is 5.79. The van der Waals surface area contributed by atoms with Crippen molar-refractivity contribution in [2.45, 2.75) is 31.8 Å². The second kappa shape index (κ2) is 8.51. The van der Waals surface area contributed by atoms with E-state index in [1.54, 1.807) is 0 Å². The van der Waals surface area contributed by atoms with Gasteiger partial charge in [-0.25, -0.2) is 8.78 Å². The molecule has 0 radical (unpaired) electrons. The maximum Gasteiger partial charge on any atom is 0.162 e. The first-order chi connectivity index (χ1) is 15.2. The lowest BCUT2D eigenvalue weighted by atomic mass is 10.1. The van der Waals surface area contributed by atoms with Gasteiger partial charge in [0.25, 0.3) is 0 Å². The first-order valence-electron chi connectivity index (χ1n) is 10.6. The molecule has 3 heterocycles. The lowest BCUT2D eigenvalue weighted by Gasteiger charge is -2.23. The molecule has 1 saturated heterocycles. The average molecular weight is 422 g/mol. The van der Waals surface area contributed by atoms with Crippen molar-refractivity contribution in [3.8, 4) is 5.75 Å². The minimum absolute atomic E-state index is 0.291. The standard InChI is InChI=1S/C24H24F2N4O/c25-20-5-4-19(14-21(20)26)31-11-8-18-13-23(29-28-18)24-2-1-10-30(24)15-16-3-6-22-17(12-16)7-9-27-22/h3-7,9,12-14,24,27H,1-2,8,10-11,15H2,(H,28,29). The number of ether oxygens (including phenoxy) is 1. The second-order valence-corrected chi connectivity index (χ2v) is 8.02. The number of benzene rings is 2. The van der Waals surface area contributed by atoms with Crippen molar-refractivity contribution in [2.75, 3.05) is 13.2 Å². The molecule has 7 heteroatoms. The van der Waals surface area contributed by atoms with Crippen LogP contribution < -0.4 is 4.74 Å². The molecule has 0 aliphatic carbocycles. The lowest BCUT2D eigenvalue weighted by molar-refractivity contribution is 0.244. The zero-order valence-corrected chi connectivity index (χ0v) is 17.1. The number of hydrogen-bond donors (Lipinski definition) is 2. The number of rotatable bonds is 7. The molecule has 5 nitrogen and oxygen atoms in total. The fourth-order valence-electron chi connectivity index (χ4n) is 4.31. The molecule has 0 saturated carbocycles. The molecule has 5 rings (SSSR count). The van der Waals surface area contributed by atoms with Crippen LogP contribution in [0.2, 0.25) is 0 Å². The summed E-state index contributed by atoms with van der Waals surface area (Å²) in [5, 5.41) is 8.88. The molecule has 4 aromatic rings. The van der Waals surface area contributed by atoms with Gasteiger partial charge in [0.2, 0.25) is 0 Å². The van der Waals surface area contributed by atoms with Gasteiger partial charge in [0, 0.05) is 36.4 Å². The third-order valence-electron chi connectivity index (χ3n) is 5.89. The van der Waals surface area contributed by atoms with E-state index in [1.807, 2.05) is 6.20 Å². The molecule has 1 aliphatic rings. The first-order valence-corrected chi connectivity index (χ1v) is 10.6. The normalized spacial score (nSPS) is 16.9. The maximum absolute atomic E-state index is 13.3. The molecule has 1 unspecified atom stereocenters. The summed E-state index contributed by atoms with van der Waals surface area (Å²) in [6, 6.07) is 14.6. The SMILES string of the molecule is Fc1ccc(OCCc2cc(C3CCCN3Cc3ccc4[nH]ccc4c3)n[nH]2)cc1F. The predicted molar refractivity (Wildman–Crippen MR) is 115 cm³/mol. The van der Waals surface area contributed by atoms with Gasteiger partial charge in [0.05, 0.1) is 18.3 Å². The van der Waals surface area contributed by atoms with Crippen LogP contribution in [0.5, 0.6) is 5.75 Å². The Balaban J connectivity index is 1.20. The van der Waals surface area contributed by atoms with Crippen molar-refractivity contribution in [2.24, 2.45) is 0 Å². The third kappa shape index (κ3) is 4.32. The summed E-state index contributed by atoms with van der Waals surface area (Å²) in [5.41, 5.74) is 4.47. The monoisotopic (exact) mass is 422 g/mol. The van der Waals surface area contributed by atoms with Gasteiger partial charge in [0.15, 0.2) is 11.6 Å². The Morgan fingerprint density at radius 1 is 1.06 bits per heavy atom. The molecule has 0 amide bonds. The number of hydrogen-bond acceptors (Lipinski definition) is 3. The topological polar surface area (TPSA) is 56.9 Å². The van der Waals surface area contributed by atoms with E-state index in [2.05, 4.69) is 50.4 Å². The fourth-order valence-corrected chi connectivity index (χ4v) is 4.31. The van der Waals surface area contributed by atoms with Crippen molar-refractivity contribution >= 4 is 10.9 Å². The molecule has 2 aromatic carbocycles. The highest BCUT2D eigenvalue weighted by atomic mass is 19.2. The van der Waals surface area contributed by atoms with Crippen LogP contribution in [0.1, 0.15) is 35.8 Å². The number of nitrogens with one attached hydrogen (secondary N) is 2. The number of halogens is 2. The second-order valence-electron chi connectivity index (χ2n) is 8.02. The highest BCUT2D eigenvalue weighted by Gasteiger charge is 2.28. The molecule has 0 bridgehead atoms. The van der Waals surface area contributed by atoms with Crippen molar-refractivity contribution in [3.05, 3.63) is 83.3 Å². The molecule has 2 aromatic heterocycles. The van der Waals surface area contributed by atoms with E-state index in [0.29, 0.717) is 24.8 Å². The number of nitrogens with zero attached hydrogens (tertiary/aromatic N) is 2. The van der Waals surface area contributed by atoms with E-state index in [0.717, 1.165) is 55.0 Å². The van der Waals surface area contributed by atoms with E-state index >= 15 is 0 Å². The van der Waals surface area contributed by atoms with Crippen molar-refractivity contribution in [3.63, 3.8) is 0 Å². The Hall–Kier alpha value is -3.19. The molecular weight excluding hydrogens is 398 g/mol. The minimum Gasteiger partial charge on any atom is -0.493 e. The highest BCUT2D eigenvalue weighted by Crippen LogP contribution is 2.33. The third-order valence-corrected chi connectivity index (χ3v) is 5.89. The Morgan fingerprint density at radius 2 is 2.00 bits per heavy atom. The summed E-state index contributed by atoms with van der Waals surface area (Å²) in [6.07, 6.45) is 4.82. The largest absolute Gasteiger partial charge is 0.493 e. The fraction of sp³-hybridized carbons (Fsp3) is 0.292. The van der Waals surface area contributed by atoms with E-state index in [-0.39, 0.29) is 0 Å². The molecule has 0 spiro atoms. The molecule has 31 heavy (non-hydrogen) atoms. The van der Waals surface area contributed by atoms with Crippen LogP contribution in [-0.2, 0) is 13.0 Å². The number of aromatic nitrogens is 3. The zero-order chi connectivity index (χ0) is 21.2. The molecular formula is C24H24F2N4O. The van der Waals surface area contributed by atoms with Gasteiger partial charge in [-0.2, -0.15) is 5.10 Å². The van der Waals surface area contributed by atoms with Crippen LogP contribution in [0.3, 0.4) is 0 Å². The van der Waals surface area contributed by atoms with Crippen LogP contribution in [-0.4, -0.2) is 33.2 Å². The van der Waals surface area contributed by atoms with E-state index in [1.165, 1.54) is 17.0 Å². The van der Waals surface area contributed by atoms with Gasteiger partial charge >= 0.3 is 0 Å². The molecule has 1 aliphatic heterocycles. The quantitative estimate of drug-likeness (QED) is 0.434. The van der Waals surface area contributed by atoms with Gasteiger partial charge in [-0.15, -0.1) is 0 Å². The van der Waals surface area contributed by atoms with E-state index in [4.69, 9.17) is 4.74 Å².